The Hall–Kier alpha value is -0.190. The molecule has 1 aromatic rings. The molecule has 0 spiro atoms. The maximum absolute atomic E-state index is 12.3. The highest BCUT2D eigenvalue weighted by atomic mass is 32.2. The van der Waals surface area contributed by atoms with Gasteiger partial charge in [0.25, 0.3) is 0 Å². The highest BCUT2D eigenvalue weighted by molar-refractivity contribution is 7.88. The molecule has 2 N–H and O–H groups in total. The van der Waals surface area contributed by atoms with Gasteiger partial charge < -0.3 is 5.73 Å². The maximum Gasteiger partial charge on any atom is 0.0914 e. The van der Waals surface area contributed by atoms with Crippen molar-refractivity contribution in [1.29, 1.82) is 0 Å². The molecule has 1 fully saturated rings. The minimum absolute atomic E-state index is 0.121. The molecule has 1 heterocycles. The molecule has 0 radical (unpaired) electrons. The van der Waals surface area contributed by atoms with Gasteiger partial charge in [-0.15, -0.1) is 11.3 Å². The molecule has 1 aliphatic carbocycles. The van der Waals surface area contributed by atoms with Crippen molar-refractivity contribution in [3.63, 3.8) is 0 Å². The SMILES string of the molecule is NC1CCCCCC1S(=O)c1cccs1. The summed E-state index contributed by atoms with van der Waals surface area (Å²) in [5, 5.41) is 2.15. The van der Waals surface area contributed by atoms with Gasteiger partial charge in [-0.1, -0.05) is 25.3 Å². The van der Waals surface area contributed by atoms with Crippen LogP contribution in [-0.2, 0) is 10.8 Å². The molecule has 2 rings (SSSR count). The molecule has 0 saturated heterocycles. The molecule has 0 amide bonds. The van der Waals surface area contributed by atoms with E-state index in [0.29, 0.717) is 0 Å². The third kappa shape index (κ3) is 2.68. The minimum atomic E-state index is -0.886. The van der Waals surface area contributed by atoms with Crippen LogP contribution >= 0.6 is 11.3 Å². The quantitative estimate of drug-likeness (QED) is 0.811. The van der Waals surface area contributed by atoms with Gasteiger partial charge in [0.15, 0.2) is 0 Å². The van der Waals surface area contributed by atoms with Crippen molar-refractivity contribution in [2.45, 2.75) is 47.6 Å². The standard InChI is InChI=1S/C11H17NOS2/c12-9-5-2-1-3-6-10(9)15(13)11-7-4-8-14-11/h4,7-10H,1-3,5-6,12H2. The fraction of sp³-hybridized carbons (Fsp3) is 0.636. The van der Waals surface area contributed by atoms with Crippen molar-refractivity contribution in [3.8, 4) is 0 Å². The molecular formula is C11H17NOS2. The third-order valence-electron chi connectivity index (χ3n) is 2.97. The van der Waals surface area contributed by atoms with E-state index in [1.54, 1.807) is 11.3 Å². The van der Waals surface area contributed by atoms with E-state index in [9.17, 15) is 4.21 Å². The summed E-state index contributed by atoms with van der Waals surface area (Å²) < 4.78 is 13.2. The largest absolute Gasteiger partial charge is 0.327 e. The van der Waals surface area contributed by atoms with Gasteiger partial charge in [0.1, 0.15) is 0 Å². The maximum atomic E-state index is 12.3. The Kier molecular flexibility index (Phi) is 3.94. The average Bonchev–Trinajstić information content (AvgIpc) is 2.68. The summed E-state index contributed by atoms with van der Waals surface area (Å²) in [5.41, 5.74) is 6.10. The second kappa shape index (κ2) is 5.23. The van der Waals surface area contributed by atoms with Crippen molar-refractivity contribution in [2.24, 2.45) is 5.73 Å². The van der Waals surface area contributed by atoms with E-state index in [1.165, 1.54) is 19.3 Å². The first kappa shape index (κ1) is 11.3. The lowest BCUT2D eigenvalue weighted by Crippen LogP contribution is -2.36. The van der Waals surface area contributed by atoms with E-state index in [1.807, 2.05) is 17.5 Å². The molecule has 1 aromatic heterocycles. The van der Waals surface area contributed by atoms with Crippen molar-refractivity contribution >= 4 is 22.1 Å². The van der Waals surface area contributed by atoms with E-state index < -0.39 is 10.8 Å². The van der Waals surface area contributed by atoms with Crippen LogP contribution in [-0.4, -0.2) is 15.5 Å². The zero-order valence-corrected chi connectivity index (χ0v) is 10.4. The minimum Gasteiger partial charge on any atom is -0.327 e. The molecule has 0 aliphatic heterocycles. The van der Waals surface area contributed by atoms with Crippen LogP contribution in [0, 0.1) is 0 Å². The number of nitrogens with two attached hydrogens (primary N) is 1. The predicted octanol–water partition coefficient (Wildman–Crippen LogP) is 2.52. The topological polar surface area (TPSA) is 43.1 Å². The normalized spacial score (nSPS) is 29.7. The van der Waals surface area contributed by atoms with Gasteiger partial charge in [0, 0.05) is 6.04 Å². The monoisotopic (exact) mass is 243 g/mol. The predicted molar refractivity (Wildman–Crippen MR) is 65.6 cm³/mol. The molecule has 3 atom stereocenters. The highest BCUT2D eigenvalue weighted by Crippen LogP contribution is 2.26. The van der Waals surface area contributed by atoms with Crippen LogP contribution in [0.2, 0.25) is 0 Å². The van der Waals surface area contributed by atoms with Crippen LogP contribution in [0.5, 0.6) is 0 Å². The first-order valence-corrected chi connectivity index (χ1v) is 7.58. The first-order valence-electron chi connectivity index (χ1n) is 5.48. The second-order valence-electron chi connectivity index (χ2n) is 4.07. The van der Waals surface area contributed by atoms with Gasteiger partial charge >= 0.3 is 0 Å². The summed E-state index contributed by atoms with van der Waals surface area (Å²) in [6.45, 7) is 0. The van der Waals surface area contributed by atoms with Crippen LogP contribution in [0.3, 0.4) is 0 Å². The van der Waals surface area contributed by atoms with E-state index in [2.05, 4.69) is 0 Å². The van der Waals surface area contributed by atoms with Gasteiger partial charge in [-0.3, -0.25) is 4.21 Å². The summed E-state index contributed by atoms with van der Waals surface area (Å²) >= 11 is 1.58. The van der Waals surface area contributed by atoms with Gasteiger partial charge in [-0.2, -0.15) is 0 Å². The zero-order chi connectivity index (χ0) is 10.7. The Morgan fingerprint density at radius 2 is 2.13 bits per heavy atom. The Bertz CT molecular complexity index is 323. The Balaban J connectivity index is 2.11. The van der Waals surface area contributed by atoms with E-state index in [4.69, 9.17) is 5.73 Å². The van der Waals surface area contributed by atoms with Gasteiger partial charge in [0.05, 0.1) is 20.3 Å². The van der Waals surface area contributed by atoms with Crippen molar-refractivity contribution < 1.29 is 4.21 Å². The summed E-state index contributed by atoms with van der Waals surface area (Å²) in [6, 6.07) is 4.04. The van der Waals surface area contributed by atoms with Gasteiger partial charge in [0.2, 0.25) is 0 Å². The summed E-state index contributed by atoms with van der Waals surface area (Å²) in [6.07, 6.45) is 5.66. The Morgan fingerprint density at radius 1 is 1.33 bits per heavy atom. The van der Waals surface area contributed by atoms with Crippen LogP contribution < -0.4 is 5.73 Å². The summed E-state index contributed by atoms with van der Waals surface area (Å²) in [7, 11) is -0.886. The number of rotatable bonds is 2. The second-order valence-corrected chi connectivity index (χ2v) is 6.92. The lowest BCUT2D eigenvalue weighted by atomic mass is 10.1. The Labute approximate surface area is 97.3 Å². The molecule has 0 bridgehead atoms. The fourth-order valence-corrected chi connectivity index (χ4v) is 4.81. The molecule has 1 aliphatic rings. The van der Waals surface area contributed by atoms with E-state index in [0.717, 1.165) is 17.1 Å². The molecule has 0 aromatic carbocycles. The molecule has 15 heavy (non-hydrogen) atoms. The van der Waals surface area contributed by atoms with Crippen molar-refractivity contribution in [3.05, 3.63) is 17.5 Å². The van der Waals surface area contributed by atoms with Crippen LogP contribution in [0.4, 0.5) is 0 Å². The lowest BCUT2D eigenvalue weighted by Gasteiger charge is -2.19. The summed E-state index contributed by atoms with van der Waals surface area (Å²) in [5.74, 6) is 0. The molecule has 1 saturated carbocycles. The van der Waals surface area contributed by atoms with Gasteiger partial charge in [-0.25, -0.2) is 0 Å². The molecule has 2 nitrogen and oxygen atoms in total. The number of hydrogen-bond acceptors (Lipinski definition) is 3. The first-order chi connectivity index (χ1) is 7.29. The molecule has 84 valence electrons. The smallest absolute Gasteiger partial charge is 0.0914 e. The molecule has 4 heteroatoms. The van der Waals surface area contributed by atoms with Crippen LogP contribution in [0.15, 0.2) is 21.7 Å². The average molecular weight is 243 g/mol. The number of hydrogen-bond donors (Lipinski definition) is 1. The fourth-order valence-electron chi connectivity index (χ4n) is 2.10. The van der Waals surface area contributed by atoms with Crippen molar-refractivity contribution in [1.82, 2.24) is 0 Å². The highest BCUT2D eigenvalue weighted by Gasteiger charge is 2.27. The Morgan fingerprint density at radius 3 is 2.87 bits per heavy atom. The summed E-state index contributed by atoms with van der Waals surface area (Å²) in [4.78, 5) is 0. The lowest BCUT2D eigenvalue weighted by molar-refractivity contribution is 0.576. The molecular weight excluding hydrogens is 226 g/mol. The van der Waals surface area contributed by atoms with Crippen LogP contribution in [0.1, 0.15) is 32.1 Å². The van der Waals surface area contributed by atoms with Crippen LogP contribution in [0.25, 0.3) is 0 Å². The van der Waals surface area contributed by atoms with Crippen molar-refractivity contribution in [2.75, 3.05) is 0 Å². The van der Waals surface area contributed by atoms with Gasteiger partial charge in [-0.05, 0) is 24.3 Å². The molecule has 3 unspecified atom stereocenters. The number of thiophene rings is 1. The van der Waals surface area contributed by atoms with E-state index in [-0.39, 0.29) is 11.3 Å². The third-order valence-corrected chi connectivity index (χ3v) is 6.08. The zero-order valence-electron chi connectivity index (χ0n) is 8.72. The van der Waals surface area contributed by atoms with E-state index >= 15 is 0 Å².